The monoisotopic (exact) mass is 472 g/mol. The maximum absolute atomic E-state index is 12.7. The minimum Gasteiger partial charge on any atom is -0.497 e. The van der Waals surface area contributed by atoms with Gasteiger partial charge in [0, 0.05) is 22.6 Å². The molecule has 2 N–H and O–H groups in total. The second-order valence-electron chi connectivity index (χ2n) is 7.96. The number of hydrazine groups is 1. The van der Waals surface area contributed by atoms with Crippen molar-refractivity contribution < 1.29 is 14.3 Å². The molecule has 32 heavy (non-hydrogen) atoms. The molecular formula is C23H28N4O3S2. The molecule has 0 saturated heterocycles. The number of amides is 1. The highest BCUT2D eigenvalue weighted by Crippen LogP contribution is 2.42. The van der Waals surface area contributed by atoms with Gasteiger partial charge in [-0.15, -0.1) is 11.3 Å². The van der Waals surface area contributed by atoms with Crippen molar-refractivity contribution in [1.82, 2.24) is 15.4 Å². The number of fused-ring (bicyclic) bond motifs is 3. The first-order valence-corrected chi connectivity index (χ1v) is 12.6. The number of methoxy groups -OCH3 is 1. The molecule has 1 atom stereocenters. The molecule has 170 valence electrons. The summed E-state index contributed by atoms with van der Waals surface area (Å²) >= 11 is 3.27. The lowest BCUT2D eigenvalue weighted by molar-refractivity contribution is -0.0543. The van der Waals surface area contributed by atoms with Crippen LogP contribution in [-0.4, -0.2) is 34.3 Å². The number of thiophene rings is 1. The van der Waals surface area contributed by atoms with Crippen molar-refractivity contribution in [3.05, 3.63) is 40.3 Å². The van der Waals surface area contributed by atoms with Crippen molar-refractivity contribution in [2.45, 2.75) is 57.4 Å². The van der Waals surface area contributed by atoms with Gasteiger partial charge in [0.2, 0.25) is 0 Å². The third-order valence-electron chi connectivity index (χ3n) is 5.65. The highest BCUT2D eigenvalue weighted by atomic mass is 32.2. The van der Waals surface area contributed by atoms with Crippen LogP contribution < -0.4 is 15.6 Å². The van der Waals surface area contributed by atoms with E-state index in [2.05, 4.69) is 31.6 Å². The predicted octanol–water partition coefficient (Wildman–Crippen LogP) is 5.20. The number of anilines is 1. The lowest BCUT2D eigenvalue weighted by atomic mass is 9.90. The van der Waals surface area contributed by atoms with Gasteiger partial charge < -0.3 is 9.47 Å². The van der Waals surface area contributed by atoms with E-state index >= 15 is 0 Å². The average molecular weight is 473 g/mol. The number of thioether (sulfide) groups is 1. The average Bonchev–Trinajstić information content (AvgIpc) is 3.18. The van der Waals surface area contributed by atoms with Crippen LogP contribution in [0.3, 0.4) is 0 Å². The molecule has 0 aliphatic carbocycles. The fraction of sp³-hybridized carbons (Fsp3) is 0.435. The van der Waals surface area contributed by atoms with Crippen molar-refractivity contribution in [1.29, 1.82) is 0 Å². The maximum atomic E-state index is 12.7. The Morgan fingerprint density at radius 1 is 1.28 bits per heavy atom. The second-order valence-corrected chi connectivity index (χ2v) is 10.1. The SMILES string of the molecule is CCCSc1nc(NNC(=O)c2ccc(OC)cc2)c2c3c(sc2n1)COC(C)(CC)C3. The van der Waals surface area contributed by atoms with Crippen LogP contribution in [0.1, 0.15) is 54.4 Å². The molecule has 0 fully saturated rings. The number of aromatic nitrogens is 2. The van der Waals surface area contributed by atoms with Crippen LogP contribution >= 0.6 is 23.1 Å². The van der Waals surface area contributed by atoms with E-state index in [0.29, 0.717) is 28.9 Å². The largest absolute Gasteiger partial charge is 0.497 e. The van der Waals surface area contributed by atoms with Crippen molar-refractivity contribution in [3.8, 4) is 5.75 Å². The van der Waals surface area contributed by atoms with Crippen molar-refractivity contribution in [2.75, 3.05) is 18.3 Å². The summed E-state index contributed by atoms with van der Waals surface area (Å²) in [6.07, 6.45) is 2.75. The Balaban J connectivity index is 1.66. The topological polar surface area (TPSA) is 85.4 Å². The van der Waals surface area contributed by atoms with Crippen molar-refractivity contribution >= 4 is 45.0 Å². The molecular weight excluding hydrogens is 444 g/mol. The second kappa shape index (κ2) is 9.64. The molecule has 4 rings (SSSR count). The highest BCUT2D eigenvalue weighted by Gasteiger charge is 2.33. The standard InChI is InChI=1S/C23H28N4O3S2/c1-5-11-31-22-24-19(26-27-20(28)14-7-9-15(29-4)10-8-14)18-16-12-23(3,6-2)30-13-17(16)32-21(18)25-22/h7-10H,5-6,11-13H2,1-4H3,(H,27,28)(H,24,25,26). The fourth-order valence-electron chi connectivity index (χ4n) is 3.56. The molecule has 7 nitrogen and oxygen atoms in total. The Morgan fingerprint density at radius 2 is 2.06 bits per heavy atom. The number of ether oxygens (including phenoxy) is 2. The number of benzene rings is 1. The smallest absolute Gasteiger partial charge is 0.269 e. The molecule has 1 aliphatic heterocycles. The number of nitrogens with one attached hydrogen (secondary N) is 2. The summed E-state index contributed by atoms with van der Waals surface area (Å²) in [6, 6.07) is 6.98. The van der Waals surface area contributed by atoms with Crippen LogP contribution in [0, 0.1) is 0 Å². The van der Waals surface area contributed by atoms with Crippen molar-refractivity contribution in [2.24, 2.45) is 0 Å². The Morgan fingerprint density at radius 3 is 2.75 bits per heavy atom. The lowest BCUT2D eigenvalue weighted by Gasteiger charge is -2.33. The number of nitrogens with zero attached hydrogens (tertiary/aromatic N) is 2. The summed E-state index contributed by atoms with van der Waals surface area (Å²) in [7, 11) is 1.60. The van der Waals surface area contributed by atoms with Gasteiger partial charge in [-0.2, -0.15) is 0 Å². The molecule has 0 bridgehead atoms. The van der Waals surface area contributed by atoms with Crippen LogP contribution in [0.4, 0.5) is 5.82 Å². The molecule has 1 amide bonds. The number of carbonyl (C=O) groups is 1. The first-order chi connectivity index (χ1) is 15.5. The maximum Gasteiger partial charge on any atom is 0.269 e. The first kappa shape index (κ1) is 22.8. The molecule has 9 heteroatoms. The quantitative estimate of drug-likeness (QED) is 0.265. The van der Waals surface area contributed by atoms with Gasteiger partial charge in [-0.25, -0.2) is 9.97 Å². The van der Waals surface area contributed by atoms with E-state index in [1.807, 2.05) is 0 Å². The van der Waals surface area contributed by atoms with Gasteiger partial charge in [-0.1, -0.05) is 25.6 Å². The number of carbonyl (C=O) groups excluding carboxylic acids is 1. The zero-order chi connectivity index (χ0) is 22.7. The Kier molecular flexibility index (Phi) is 6.88. The van der Waals surface area contributed by atoms with Crippen molar-refractivity contribution in [3.63, 3.8) is 0 Å². The van der Waals surface area contributed by atoms with Gasteiger partial charge in [0.05, 0.1) is 24.7 Å². The van der Waals surface area contributed by atoms with E-state index in [9.17, 15) is 4.79 Å². The van der Waals surface area contributed by atoms with Gasteiger partial charge in [0.1, 0.15) is 10.6 Å². The normalized spacial score (nSPS) is 17.8. The van der Waals surface area contributed by atoms with Crippen LogP contribution in [0.15, 0.2) is 29.4 Å². The summed E-state index contributed by atoms with van der Waals surface area (Å²) in [5.41, 5.74) is 7.43. The predicted molar refractivity (Wildman–Crippen MR) is 130 cm³/mol. The van der Waals surface area contributed by atoms with Crippen LogP contribution in [-0.2, 0) is 17.8 Å². The van der Waals surface area contributed by atoms with Crippen LogP contribution in [0.5, 0.6) is 5.75 Å². The third kappa shape index (κ3) is 4.69. The van der Waals surface area contributed by atoms with Gasteiger partial charge >= 0.3 is 0 Å². The summed E-state index contributed by atoms with van der Waals surface area (Å²) in [6.45, 7) is 7.00. The van der Waals surface area contributed by atoms with Gasteiger partial charge in [0.15, 0.2) is 11.0 Å². The minimum absolute atomic E-state index is 0.208. The zero-order valence-electron chi connectivity index (χ0n) is 18.8. The van der Waals surface area contributed by atoms with E-state index in [0.717, 1.165) is 35.2 Å². The van der Waals surface area contributed by atoms with E-state index in [4.69, 9.17) is 19.4 Å². The summed E-state index contributed by atoms with van der Waals surface area (Å²) in [5.74, 6) is 2.03. The number of hydrogen-bond donors (Lipinski definition) is 2. The Bertz CT molecular complexity index is 1120. The first-order valence-electron chi connectivity index (χ1n) is 10.8. The summed E-state index contributed by atoms with van der Waals surface area (Å²) in [4.78, 5) is 24.4. The van der Waals surface area contributed by atoms with Gasteiger partial charge in [-0.05, 0) is 49.6 Å². The van der Waals surface area contributed by atoms with E-state index in [1.54, 1.807) is 54.5 Å². The molecule has 0 radical (unpaired) electrons. The van der Waals surface area contributed by atoms with E-state index in [-0.39, 0.29) is 11.5 Å². The minimum atomic E-state index is -0.243. The van der Waals surface area contributed by atoms with Gasteiger partial charge in [-0.3, -0.25) is 15.6 Å². The number of hydrogen-bond acceptors (Lipinski definition) is 8. The molecule has 0 saturated carbocycles. The van der Waals surface area contributed by atoms with Gasteiger partial charge in [0.25, 0.3) is 5.91 Å². The lowest BCUT2D eigenvalue weighted by Crippen LogP contribution is -2.34. The Labute approximate surface area is 196 Å². The summed E-state index contributed by atoms with van der Waals surface area (Å²) in [5, 5.41) is 1.68. The fourth-order valence-corrected chi connectivity index (χ4v) is 5.42. The molecule has 1 unspecified atom stereocenters. The van der Waals surface area contributed by atoms with Crippen LogP contribution in [0.25, 0.3) is 10.2 Å². The highest BCUT2D eigenvalue weighted by molar-refractivity contribution is 7.99. The van der Waals surface area contributed by atoms with Crippen LogP contribution in [0.2, 0.25) is 0 Å². The molecule has 2 aromatic heterocycles. The summed E-state index contributed by atoms with van der Waals surface area (Å²) < 4.78 is 11.3. The zero-order valence-corrected chi connectivity index (χ0v) is 20.4. The molecule has 1 aromatic carbocycles. The molecule has 0 spiro atoms. The molecule has 3 heterocycles. The molecule has 1 aliphatic rings. The van der Waals surface area contributed by atoms with E-state index < -0.39 is 0 Å². The Hall–Kier alpha value is -2.36. The number of rotatable bonds is 8. The third-order valence-corrected chi connectivity index (χ3v) is 7.80. The van der Waals surface area contributed by atoms with E-state index in [1.165, 1.54) is 10.4 Å². The molecule has 3 aromatic rings.